The highest BCUT2D eigenvalue weighted by molar-refractivity contribution is 6.31. The summed E-state index contributed by atoms with van der Waals surface area (Å²) in [4.78, 5) is 12.4. The average Bonchev–Trinajstić information content (AvgIpc) is 2.63. The molecule has 0 spiro atoms. The molecule has 3 aromatic rings. The number of phenols is 1. The van der Waals surface area contributed by atoms with E-state index in [2.05, 4.69) is 5.32 Å². The minimum Gasteiger partial charge on any atom is -0.507 e. The molecular weight excluding hydrogens is 379 g/mol. The van der Waals surface area contributed by atoms with Gasteiger partial charge < -0.3 is 10.4 Å². The first kappa shape index (κ1) is 18.8. The molecule has 3 nitrogen and oxygen atoms in total. The molecule has 27 heavy (non-hydrogen) atoms. The highest BCUT2D eigenvalue weighted by Crippen LogP contribution is 2.35. The van der Waals surface area contributed by atoms with E-state index in [1.165, 1.54) is 24.3 Å². The molecule has 0 bridgehead atoms. The van der Waals surface area contributed by atoms with Gasteiger partial charge in [0, 0.05) is 10.7 Å². The van der Waals surface area contributed by atoms with Crippen molar-refractivity contribution in [1.29, 1.82) is 0 Å². The van der Waals surface area contributed by atoms with Crippen molar-refractivity contribution < 1.29 is 23.1 Å². The Morgan fingerprint density at radius 3 is 2.30 bits per heavy atom. The molecule has 3 rings (SSSR count). The molecule has 0 aliphatic carbocycles. The van der Waals surface area contributed by atoms with Crippen LogP contribution in [-0.2, 0) is 6.18 Å². The van der Waals surface area contributed by atoms with Gasteiger partial charge in [-0.3, -0.25) is 4.79 Å². The Hall–Kier alpha value is -2.99. The number of halogens is 4. The summed E-state index contributed by atoms with van der Waals surface area (Å²) >= 11 is 5.81. The van der Waals surface area contributed by atoms with E-state index in [1.807, 2.05) is 0 Å². The van der Waals surface area contributed by atoms with Crippen molar-refractivity contribution in [3.8, 4) is 16.9 Å². The van der Waals surface area contributed by atoms with Crippen molar-refractivity contribution in [3.05, 3.63) is 82.9 Å². The van der Waals surface area contributed by atoms with Crippen molar-refractivity contribution in [2.24, 2.45) is 0 Å². The molecule has 0 aliphatic rings. The predicted molar refractivity (Wildman–Crippen MR) is 98.0 cm³/mol. The monoisotopic (exact) mass is 391 g/mol. The third-order valence-electron chi connectivity index (χ3n) is 3.83. The summed E-state index contributed by atoms with van der Waals surface area (Å²) < 4.78 is 39.8. The molecule has 0 aromatic heterocycles. The fraction of sp³-hybridized carbons (Fsp3) is 0.0500. The average molecular weight is 392 g/mol. The number of benzene rings is 3. The van der Waals surface area contributed by atoms with Crippen molar-refractivity contribution in [2.75, 3.05) is 5.32 Å². The molecule has 0 aliphatic heterocycles. The Morgan fingerprint density at radius 1 is 0.926 bits per heavy atom. The molecule has 7 heteroatoms. The first-order valence-electron chi connectivity index (χ1n) is 7.81. The van der Waals surface area contributed by atoms with Gasteiger partial charge in [-0.25, -0.2) is 0 Å². The van der Waals surface area contributed by atoms with Crippen molar-refractivity contribution in [3.63, 3.8) is 0 Å². The van der Waals surface area contributed by atoms with Gasteiger partial charge in [-0.2, -0.15) is 13.2 Å². The Balaban J connectivity index is 2.02. The van der Waals surface area contributed by atoms with E-state index in [4.69, 9.17) is 11.6 Å². The van der Waals surface area contributed by atoms with Crippen LogP contribution in [0.1, 0.15) is 15.9 Å². The minimum absolute atomic E-state index is 0.0481. The number of rotatable bonds is 3. The van der Waals surface area contributed by atoms with E-state index < -0.39 is 17.6 Å². The van der Waals surface area contributed by atoms with Crippen molar-refractivity contribution >= 4 is 23.2 Å². The fourth-order valence-electron chi connectivity index (χ4n) is 2.55. The zero-order valence-electron chi connectivity index (χ0n) is 13.7. The van der Waals surface area contributed by atoms with Crippen LogP contribution in [0, 0.1) is 0 Å². The summed E-state index contributed by atoms with van der Waals surface area (Å²) in [5.41, 5.74) is -0.204. The van der Waals surface area contributed by atoms with Gasteiger partial charge in [-0.15, -0.1) is 0 Å². The van der Waals surface area contributed by atoms with E-state index in [0.717, 1.165) is 12.1 Å². The molecule has 1 amide bonds. The smallest absolute Gasteiger partial charge is 0.416 e. The second-order valence-electron chi connectivity index (χ2n) is 5.78. The number of nitrogens with one attached hydrogen (secondary N) is 1. The van der Waals surface area contributed by atoms with E-state index >= 15 is 0 Å². The molecule has 2 N–H and O–H groups in total. The first-order chi connectivity index (χ1) is 12.7. The zero-order valence-corrected chi connectivity index (χ0v) is 14.5. The van der Waals surface area contributed by atoms with Crippen LogP contribution in [0.25, 0.3) is 11.1 Å². The molecular formula is C20H13ClF3NO2. The fourth-order valence-corrected chi connectivity index (χ4v) is 2.72. The minimum atomic E-state index is -4.58. The summed E-state index contributed by atoms with van der Waals surface area (Å²) in [5, 5.41) is 12.4. The molecule has 0 atom stereocenters. The number of carbonyl (C=O) groups excluding carboxylic acids is 1. The number of hydrogen-bond donors (Lipinski definition) is 2. The highest BCUT2D eigenvalue weighted by atomic mass is 35.5. The van der Waals surface area contributed by atoms with Gasteiger partial charge in [-0.1, -0.05) is 41.9 Å². The van der Waals surface area contributed by atoms with Crippen LogP contribution < -0.4 is 5.32 Å². The predicted octanol–water partition coefficient (Wildman–Crippen LogP) is 5.98. The van der Waals surface area contributed by atoms with Gasteiger partial charge in [0.25, 0.3) is 5.91 Å². The maximum Gasteiger partial charge on any atom is 0.416 e. The Morgan fingerprint density at radius 2 is 1.63 bits per heavy atom. The normalized spacial score (nSPS) is 11.3. The van der Waals surface area contributed by atoms with Gasteiger partial charge in [0.05, 0.1) is 11.1 Å². The van der Waals surface area contributed by atoms with Gasteiger partial charge >= 0.3 is 6.18 Å². The number of alkyl halides is 3. The largest absolute Gasteiger partial charge is 0.507 e. The van der Waals surface area contributed by atoms with Crippen LogP contribution in [0.4, 0.5) is 18.9 Å². The Labute approximate surface area is 158 Å². The third-order valence-corrected chi connectivity index (χ3v) is 4.06. The first-order valence-corrected chi connectivity index (χ1v) is 8.19. The van der Waals surface area contributed by atoms with Crippen LogP contribution >= 0.6 is 11.6 Å². The van der Waals surface area contributed by atoms with E-state index in [9.17, 15) is 23.1 Å². The van der Waals surface area contributed by atoms with Gasteiger partial charge in [-0.05, 0) is 47.5 Å². The van der Waals surface area contributed by atoms with Crippen LogP contribution in [0.5, 0.6) is 5.75 Å². The quantitative estimate of drug-likeness (QED) is 0.576. The summed E-state index contributed by atoms with van der Waals surface area (Å²) in [5.74, 6) is -1.10. The maximum absolute atomic E-state index is 13.3. The molecule has 3 aromatic carbocycles. The molecule has 0 saturated heterocycles. The lowest BCUT2D eigenvalue weighted by Gasteiger charge is -2.14. The summed E-state index contributed by atoms with van der Waals surface area (Å²) in [6.45, 7) is 0. The lowest BCUT2D eigenvalue weighted by molar-refractivity contribution is -0.137. The number of carbonyl (C=O) groups is 1. The second-order valence-corrected chi connectivity index (χ2v) is 6.21. The highest BCUT2D eigenvalue weighted by Gasteiger charge is 2.31. The van der Waals surface area contributed by atoms with Crippen LogP contribution in [-0.4, -0.2) is 11.0 Å². The SMILES string of the molecule is O=C(Nc1cc(-c2ccccc2)cc(C(F)(F)F)c1)c1cc(Cl)ccc1O. The molecule has 0 saturated carbocycles. The van der Waals surface area contributed by atoms with E-state index in [-0.39, 0.29) is 22.0 Å². The lowest BCUT2D eigenvalue weighted by Crippen LogP contribution is -2.13. The maximum atomic E-state index is 13.3. The Bertz CT molecular complexity index is 988. The topological polar surface area (TPSA) is 49.3 Å². The molecule has 138 valence electrons. The van der Waals surface area contributed by atoms with E-state index in [1.54, 1.807) is 30.3 Å². The zero-order chi connectivity index (χ0) is 19.6. The van der Waals surface area contributed by atoms with E-state index in [0.29, 0.717) is 11.1 Å². The number of aromatic hydroxyl groups is 1. The number of amides is 1. The third kappa shape index (κ3) is 4.41. The molecule has 0 heterocycles. The van der Waals surface area contributed by atoms with Crippen molar-refractivity contribution in [1.82, 2.24) is 0 Å². The van der Waals surface area contributed by atoms with Gasteiger partial charge in [0.15, 0.2) is 0 Å². The van der Waals surface area contributed by atoms with Gasteiger partial charge in [0.2, 0.25) is 0 Å². The summed E-state index contributed by atoms with van der Waals surface area (Å²) in [6.07, 6.45) is -4.58. The summed E-state index contributed by atoms with van der Waals surface area (Å²) in [7, 11) is 0. The van der Waals surface area contributed by atoms with Gasteiger partial charge in [0.1, 0.15) is 5.75 Å². The standard InChI is InChI=1S/C20H13ClF3NO2/c21-15-6-7-18(26)17(11-15)19(27)25-16-9-13(12-4-2-1-3-5-12)8-14(10-16)20(22,23)24/h1-11,26H,(H,25,27). The molecule has 0 unspecified atom stereocenters. The number of anilines is 1. The number of phenolic OH excluding ortho intramolecular Hbond substituents is 1. The Kier molecular flexibility index (Phi) is 5.10. The summed E-state index contributed by atoms with van der Waals surface area (Å²) in [6, 6.07) is 15.7. The van der Waals surface area contributed by atoms with Crippen molar-refractivity contribution in [2.45, 2.75) is 6.18 Å². The lowest BCUT2D eigenvalue weighted by atomic mass is 10.0. The van der Waals surface area contributed by atoms with Crippen LogP contribution in [0.15, 0.2) is 66.7 Å². The van der Waals surface area contributed by atoms with Crippen LogP contribution in [0.3, 0.4) is 0 Å². The second kappa shape index (κ2) is 7.32. The van der Waals surface area contributed by atoms with Crippen LogP contribution in [0.2, 0.25) is 5.02 Å². The molecule has 0 radical (unpaired) electrons. The number of hydrogen-bond acceptors (Lipinski definition) is 2. The molecule has 0 fully saturated rings.